The molecule has 1 aliphatic carbocycles. The SMILES string of the molecule is Cc1ccc([C@H](C)NC2CC(c3ccc(F)cc3)C2)cc1. The van der Waals surface area contributed by atoms with Crippen molar-refractivity contribution in [3.63, 3.8) is 0 Å². The molecule has 0 unspecified atom stereocenters. The van der Waals surface area contributed by atoms with Gasteiger partial charge in [0.2, 0.25) is 0 Å². The highest BCUT2D eigenvalue weighted by atomic mass is 19.1. The average Bonchev–Trinajstić information content (AvgIpc) is 2.44. The second kappa shape index (κ2) is 5.98. The lowest BCUT2D eigenvalue weighted by molar-refractivity contribution is 0.271. The maximum Gasteiger partial charge on any atom is 0.123 e. The quantitative estimate of drug-likeness (QED) is 0.855. The largest absolute Gasteiger partial charge is 0.307 e. The summed E-state index contributed by atoms with van der Waals surface area (Å²) in [5.41, 5.74) is 3.90. The minimum absolute atomic E-state index is 0.152. The Morgan fingerprint density at radius 1 is 1.00 bits per heavy atom. The average molecular weight is 283 g/mol. The van der Waals surface area contributed by atoms with Crippen LogP contribution in [0.5, 0.6) is 0 Å². The summed E-state index contributed by atoms with van der Waals surface area (Å²) in [7, 11) is 0. The standard InChI is InChI=1S/C19H22FN/c1-13-3-5-15(6-4-13)14(2)21-19-11-17(12-19)16-7-9-18(20)10-8-16/h3-10,14,17,19,21H,11-12H2,1-2H3/t14-,17?,19?/m0/s1. The minimum atomic E-state index is -0.152. The first-order valence-electron chi connectivity index (χ1n) is 7.70. The molecule has 1 N–H and O–H groups in total. The number of benzene rings is 2. The summed E-state index contributed by atoms with van der Waals surface area (Å²) in [5.74, 6) is 0.425. The van der Waals surface area contributed by atoms with E-state index in [-0.39, 0.29) is 5.82 Å². The normalized spacial score (nSPS) is 22.6. The van der Waals surface area contributed by atoms with Gasteiger partial charge in [-0.2, -0.15) is 0 Å². The molecule has 21 heavy (non-hydrogen) atoms. The van der Waals surface area contributed by atoms with Crippen LogP contribution in [-0.4, -0.2) is 6.04 Å². The van der Waals surface area contributed by atoms with Gasteiger partial charge in [0.15, 0.2) is 0 Å². The number of aryl methyl sites for hydroxylation is 1. The van der Waals surface area contributed by atoms with Gasteiger partial charge in [0, 0.05) is 12.1 Å². The molecule has 0 spiro atoms. The summed E-state index contributed by atoms with van der Waals surface area (Å²) in [5, 5.41) is 3.69. The van der Waals surface area contributed by atoms with Crippen LogP contribution in [0.2, 0.25) is 0 Å². The van der Waals surface area contributed by atoms with E-state index in [1.54, 1.807) is 12.1 Å². The number of rotatable bonds is 4. The van der Waals surface area contributed by atoms with Crippen molar-refractivity contribution in [3.05, 3.63) is 71.0 Å². The highest BCUT2D eigenvalue weighted by molar-refractivity contribution is 5.26. The molecule has 0 radical (unpaired) electrons. The molecular weight excluding hydrogens is 261 g/mol. The van der Waals surface area contributed by atoms with Gasteiger partial charge in [-0.05, 0) is 55.9 Å². The van der Waals surface area contributed by atoms with Gasteiger partial charge in [-0.3, -0.25) is 0 Å². The fourth-order valence-electron chi connectivity index (χ4n) is 3.07. The second-order valence-electron chi connectivity index (χ2n) is 6.22. The third-order valence-electron chi connectivity index (χ3n) is 4.54. The van der Waals surface area contributed by atoms with E-state index in [1.165, 1.54) is 16.7 Å². The number of halogens is 1. The van der Waals surface area contributed by atoms with Crippen molar-refractivity contribution < 1.29 is 4.39 Å². The van der Waals surface area contributed by atoms with Gasteiger partial charge >= 0.3 is 0 Å². The highest BCUT2D eigenvalue weighted by Gasteiger charge is 2.31. The summed E-state index contributed by atoms with van der Waals surface area (Å²) in [6.45, 7) is 4.33. The lowest BCUT2D eigenvalue weighted by Gasteiger charge is -2.38. The van der Waals surface area contributed by atoms with Crippen molar-refractivity contribution in [2.24, 2.45) is 0 Å². The molecule has 2 aromatic carbocycles. The van der Waals surface area contributed by atoms with Crippen molar-refractivity contribution in [2.75, 3.05) is 0 Å². The van der Waals surface area contributed by atoms with Crippen LogP contribution in [0, 0.1) is 12.7 Å². The monoisotopic (exact) mass is 283 g/mol. The highest BCUT2D eigenvalue weighted by Crippen LogP contribution is 2.37. The van der Waals surface area contributed by atoms with E-state index in [0.29, 0.717) is 18.0 Å². The van der Waals surface area contributed by atoms with Gasteiger partial charge in [0.05, 0.1) is 0 Å². The van der Waals surface area contributed by atoms with Gasteiger partial charge in [0.25, 0.3) is 0 Å². The van der Waals surface area contributed by atoms with Gasteiger partial charge in [-0.1, -0.05) is 42.0 Å². The summed E-state index contributed by atoms with van der Waals surface area (Å²) in [6, 6.07) is 16.6. The molecule has 110 valence electrons. The fraction of sp³-hybridized carbons (Fsp3) is 0.368. The smallest absolute Gasteiger partial charge is 0.123 e. The topological polar surface area (TPSA) is 12.0 Å². The predicted molar refractivity (Wildman–Crippen MR) is 84.9 cm³/mol. The van der Waals surface area contributed by atoms with Crippen LogP contribution >= 0.6 is 0 Å². The van der Waals surface area contributed by atoms with E-state index in [4.69, 9.17) is 0 Å². The van der Waals surface area contributed by atoms with Crippen LogP contribution < -0.4 is 5.32 Å². The maximum absolute atomic E-state index is 12.9. The van der Waals surface area contributed by atoms with Crippen molar-refractivity contribution in [1.29, 1.82) is 0 Å². The van der Waals surface area contributed by atoms with E-state index in [9.17, 15) is 4.39 Å². The molecule has 1 atom stereocenters. The molecule has 0 bridgehead atoms. The van der Waals surface area contributed by atoms with Crippen molar-refractivity contribution >= 4 is 0 Å². The summed E-state index contributed by atoms with van der Waals surface area (Å²) in [6.07, 6.45) is 2.28. The van der Waals surface area contributed by atoms with Crippen molar-refractivity contribution in [1.82, 2.24) is 5.32 Å². The number of hydrogen-bond acceptors (Lipinski definition) is 1. The molecule has 1 aliphatic rings. The predicted octanol–water partition coefficient (Wildman–Crippen LogP) is 4.73. The molecule has 0 aliphatic heterocycles. The zero-order chi connectivity index (χ0) is 14.8. The van der Waals surface area contributed by atoms with Gasteiger partial charge < -0.3 is 5.32 Å². The lowest BCUT2D eigenvalue weighted by Crippen LogP contribution is -2.41. The first-order chi connectivity index (χ1) is 10.1. The molecule has 3 rings (SSSR count). The van der Waals surface area contributed by atoms with Gasteiger partial charge in [-0.25, -0.2) is 4.39 Å². The van der Waals surface area contributed by atoms with Crippen LogP contribution in [-0.2, 0) is 0 Å². The molecule has 2 heteroatoms. The molecule has 0 amide bonds. The van der Waals surface area contributed by atoms with Crippen LogP contribution in [0.25, 0.3) is 0 Å². The van der Waals surface area contributed by atoms with E-state index in [2.05, 4.69) is 43.4 Å². The molecule has 1 fully saturated rings. The Balaban J connectivity index is 1.52. The minimum Gasteiger partial charge on any atom is -0.307 e. The van der Waals surface area contributed by atoms with E-state index < -0.39 is 0 Å². The molecule has 2 aromatic rings. The van der Waals surface area contributed by atoms with Crippen LogP contribution in [0.15, 0.2) is 48.5 Å². The lowest BCUT2D eigenvalue weighted by atomic mass is 9.75. The summed E-state index contributed by atoms with van der Waals surface area (Å²) >= 11 is 0. The Hall–Kier alpha value is -1.67. The number of hydrogen-bond donors (Lipinski definition) is 1. The summed E-state index contributed by atoms with van der Waals surface area (Å²) < 4.78 is 12.9. The van der Waals surface area contributed by atoms with E-state index in [0.717, 1.165) is 12.8 Å². The summed E-state index contributed by atoms with van der Waals surface area (Å²) in [4.78, 5) is 0. The van der Waals surface area contributed by atoms with Gasteiger partial charge in [-0.15, -0.1) is 0 Å². The molecule has 0 saturated heterocycles. The first-order valence-corrected chi connectivity index (χ1v) is 7.70. The Morgan fingerprint density at radius 2 is 1.62 bits per heavy atom. The fourth-order valence-corrected chi connectivity index (χ4v) is 3.07. The zero-order valence-electron chi connectivity index (χ0n) is 12.6. The molecule has 0 heterocycles. The van der Waals surface area contributed by atoms with Crippen molar-refractivity contribution in [3.8, 4) is 0 Å². The van der Waals surface area contributed by atoms with Gasteiger partial charge in [0.1, 0.15) is 5.82 Å². The third kappa shape index (κ3) is 3.33. The van der Waals surface area contributed by atoms with Crippen LogP contribution in [0.1, 0.15) is 48.4 Å². The second-order valence-corrected chi connectivity index (χ2v) is 6.22. The van der Waals surface area contributed by atoms with Crippen molar-refractivity contribution in [2.45, 2.75) is 44.7 Å². The molecule has 1 saturated carbocycles. The molecule has 1 nitrogen and oxygen atoms in total. The first kappa shape index (κ1) is 14.3. The Kier molecular flexibility index (Phi) is 4.07. The zero-order valence-corrected chi connectivity index (χ0v) is 12.6. The number of nitrogens with one attached hydrogen (secondary N) is 1. The van der Waals surface area contributed by atoms with E-state index >= 15 is 0 Å². The van der Waals surface area contributed by atoms with Crippen LogP contribution in [0.3, 0.4) is 0 Å². The maximum atomic E-state index is 12.9. The molecule has 0 aromatic heterocycles. The third-order valence-corrected chi connectivity index (χ3v) is 4.54. The molecular formula is C19H22FN. The van der Waals surface area contributed by atoms with E-state index in [1.807, 2.05) is 12.1 Å². The Morgan fingerprint density at radius 3 is 2.24 bits per heavy atom. The van der Waals surface area contributed by atoms with Crippen LogP contribution in [0.4, 0.5) is 4.39 Å². The Bertz CT molecular complexity index is 582. The Labute approximate surface area is 126 Å².